The standard InChI is InChI=1S/C19H39NO4Si/c1-11-13-14(21)16(20-17(22)23-18(3,4)5)15(12-2)24-25(9,10)19(6,7)8/h11,14-16,21H,1,12-13H2,2-10H3,(H,20,22)/t14-,15-,16+/m0/s1. The summed E-state index contributed by atoms with van der Waals surface area (Å²) in [5.74, 6) is 0. The second-order valence-corrected chi connectivity index (χ2v) is 13.8. The molecule has 25 heavy (non-hydrogen) atoms. The molecule has 0 rings (SSSR count). The lowest BCUT2D eigenvalue weighted by Gasteiger charge is -2.42. The minimum atomic E-state index is -2.05. The Balaban J connectivity index is 5.41. The minimum absolute atomic E-state index is 0.0419. The third-order valence-corrected chi connectivity index (χ3v) is 9.07. The normalized spacial score (nSPS) is 16.7. The molecule has 0 heterocycles. The Morgan fingerprint density at radius 2 is 1.76 bits per heavy atom. The second-order valence-electron chi connectivity index (χ2n) is 9.09. The molecule has 0 aliphatic rings. The zero-order chi connectivity index (χ0) is 20.1. The fourth-order valence-electron chi connectivity index (χ4n) is 2.16. The summed E-state index contributed by atoms with van der Waals surface area (Å²) >= 11 is 0. The van der Waals surface area contributed by atoms with E-state index in [0.29, 0.717) is 12.8 Å². The fourth-order valence-corrected chi connectivity index (χ4v) is 3.59. The highest BCUT2D eigenvalue weighted by Gasteiger charge is 2.42. The van der Waals surface area contributed by atoms with Gasteiger partial charge in [-0.2, -0.15) is 0 Å². The molecule has 0 radical (unpaired) electrons. The van der Waals surface area contributed by atoms with E-state index in [0.717, 1.165) is 0 Å². The van der Waals surface area contributed by atoms with Gasteiger partial charge in [0, 0.05) is 0 Å². The molecule has 5 nitrogen and oxygen atoms in total. The van der Waals surface area contributed by atoms with Gasteiger partial charge in [0.1, 0.15) is 5.60 Å². The summed E-state index contributed by atoms with van der Waals surface area (Å²) in [4.78, 5) is 12.2. The second kappa shape index (κ2) is 9.19. The molecule has 6 heteroatoms. The molecule has 0 bridgehead atoms. The average molecular weight is 374 g/mol. The van der Waals surface area contributed by atoms with Crippen LogP contribution in [0.5, 0.6) is 0 Å². The Kier molecular flexibility index (Phi) is 8.88. The van der Waals surface area contributed by atoms with Crippen molar-refractivity contribution in [3.05, 3.63) is 12.7 Å². The summed E-state index contributed by atoms with van der Waals surface area (Å²) < 4.78 is 11.8. The van der Waals surface area contributed by atoms with Crippen LogP contribution in [0.4, 0.5) is 4.79 Å². The van der Waals surface area contributed by atoms with Gasteiger partial charge in [-0.3, -0.25) is 0 Å². The van der Waals surface area contributed by atoms with Gasteiger partial charge in [0.25, 0.3) is 0 Å². The van der Waals surface area contributed by atoms with Crippen molar-refractivity contribution in [1.29, 1.82) is 0 Å². The highest BCUT2D eigenvalue weighted by molar-refractivity contribution is 6.74. The van der Waals surface area contributed by atoms with Gasteiger partial charge in [-0.15, -0.1) is 6.58 Å². The van der Waals surface area contributed by atoms with Gasteiger partial charge in [0.05, 0.1) is 18.2 Å². The molecule has 2 N–H and O–H groups in total. The van der Waals surface area contributed by atoms with E-state index in [2.05, 4.69) is 45.8 Å². The molecule has 0 saturated heterocycles. The Bertz CT molecular complexity index is 438. The molecule has 0 aliphatic carbocycles. The Labute approximate surface area is 155 Å². The summed E-state index contributed by atoms with van der Waals surface area (Å²) in [7, 11) is -2.05. The molecule has 0 fully saturated rings. The van der Waals surface area contributed by atoms with Gasteiger partial charge in [-0.1, -0.05) is 33.8 Å². The fraction of sp³-hybridized carbons (Fsp3) is 0.842. The summed E-state index contributed by atoms with van der Waals surface area (Å²) in [5, 5.41) is 13.4. The van der Waals surface area contributed by atoms with Crippen LogP contribution >= 0.6 is 0 Å². The lowest BCUT2D eigenvalue weighted by molar-refractivity contribution is 0.0180. The molecule has 148 valence electrons. The van der Waals surface area contributed by atoms with E-state index in [1.807, 2.05) is 27.7 Å². The summed E-state index contributed by atoms with van der Waals surface area (Å²) in [6.45, 7) is 22.0. The number of aliphatic hydroxyl groups is 1. The maximum Gasteiger partial charge on any atom is 0.408 e. The molecule has 0 unspecified atom stereocenters. The van der Waals surface area contributed by atoms with Gasteiger partial charge in [0.15, 0.2) is 8.32 Å². The summed E-state index contributed by atoms with van der Waals surface area (Å²) in [6.07, 6.45) is 1.09. The molecular formula is C19H39NO4Si. The van der Waals surface area contributed by atoms with Crippen molar-refractivity contribution < 1.29 is 19.1 Å². The number of alkyl carbamates (subject to hydrolysis) is 1. The van der Waals surface area contributed by atoms with Crippen molar-refractivity contribution in [2.24, 2.45) is 0 Å². The van der Waals surface area contributed by atoms with Crippen LogP contribution in [-0.2, 0) is 9.16 Å². The van der Waals surface area contributed by atoms with Crippen LogP contribution in [0.3, 0.4) is 0 Å². The van der Waals surface area contributed by atoms with Crippen LogP contribution < -0.4 is 5.32 Å². The molecule has 0 aromatic carbocycles. The van der Waals surface area contributed by atoms with Gasteiger partial charge in [0.2, 0.25) is 0 Å². The van der Waals surface area contributed by atoms with E-state index < -0.39 is 32.2 Å². The SMILES string of the molecule is C=CC[C@H](O)[C@@H](NC(=O)OC(C)(C)C)[C@H](CC)O[Si](C)(C)C(C)(C)C. The smallest absolute Gasteiger partial charge is 0.408 e. The van der Waals surface area contributed by atoms with Crippen molar-refractivity contribution in [3.63, 3.8) is 0 Å². The van der Waals surface area contributed by atoms with Crippen LogP contribution in [0.15, 0.2) is 12.7 Å². The quantitative estimate of drug-likeness (QED) is 0.481. The van der Waals surface area contributed by atoms with Crippen molar-refractivity contribution in [3.8, 4) is 0 Å². The van der Waals surface area contributed by atoms with Crippen LogP contribution in [-0.4, -0.2) is 43.4 Å². The largest absolute Gasteiger partial charge is 0.444 e. The first-order chi connectivity index (χ1) is 11.1. The first kappa shape index (κ1) is 24.1. The van der Waals surface area contributed by atoms with E-state index in [9.17, 15) is 9.90 Å². The maximum absolute atomic E-state index is 12.2. The van der Waals surface area contributed by atoms with Gasteiger partial charge in [-0.25, -0.2) is 4.79 Å². The average Bonchev–Trinajstić information content (AvgIpc) is 2.39. The van der Waals surface area contributed by atoms with E-state index in [4.69, 9.17) is 9.16 Å². The number of ether oxygens (including phenoxy) is 1. The number of rotatable bonds is 8. The van der Waals surface area contributed by atoms with Crippen LogP contribution in [0.25, 0.3) is 0 Å². The molecule has 0 aliphatic heterocycles. The van der Waals surface area contributed by atoms with E-state index >= 15 is 0 Å². The minimum Gasteiger partial charge on any atom is -0.444 e. The summed E-state index contributed by atoms with van der Waals surface area (Å²) in [5.41, 5.74) is -0.597. The number of hydrogen-bond acceptors (Lipinski definition) is 4. The monoisotopic (exact) mass is 373 g/mol. The van der Waals surface area contributed by atoms with Crippen LogP contribution in [0, 0.1) is 0 Å². The predicted octanol–water partition coefficient (Wildman–Crippen LogP) is 4.62. The molecule has 0 aromatic heterocycles. The highest BCUT2D eigenvalue weighted by Crippen LogP contribution is 2.38. The first-order valence-electron chi connectivity index (χ1n) is 9.11. The first-order valence-corrected chi connectivity index (χ1v) is 12.0. The highest BCUT2D eigenvalue weighted by atomic mass is 28.4. The predicted molar refractivity (Wildman–Crippen MR) is 106 cm³/mol. The Morgan fingerprint density at radius 1 is 1.24 bits per heavy atom. The van der Waals surface area contributed by atoms with Crippen molar-refractivity contribution in [1.82, 2.24) is 5.32 Å². The lowest BCUT2D eigenvalue weighted by Crippen LogP contribution is -2.56. The number of nitrogens with one attached hydrogen (secondary N) is 1. The molecule has 1 amide bonds. The number of carbonyl (C=O) groups is 1. The third kappa shape index (κ3) is 8.38. The van der Waals surface area contributed by atoms with Gasteiger partial charge < -0.3 is 19.6 Å². The van der Waals surface area contributed by atoms with E-state index in [-0.39, 0.29) is 11.1 Å². The van der Waals surface area contributed by atoms with E-state index in [1.165, 1.54) is 0 Å². The van der Waals surface area contributed by atoms with Gasteiger partial charge >= 0.3 is 6.09 Å². The van der Waals surface area contributed by atoms with Crippen molar-refractivity contribution >= 4 is 14.4 Å². The zero-order valence-corrected chi connectivity index (χ0v) is 18.6. The Morgan fingerprint density at radius 3 is 2.12 bits per heavy atom. The molecular weight excluding hydrogens is 334 g/mol. The number of amides is 1. The third-order valence-electron chi connectivity index (χ3n) is 4.56. The zero-order valence-electron chi connectivity index (χ0n) is 17.6. The van der Waals surface area contributed by atoms with E-state index in [1.54, 1.807) is 6.08 Å². The molecule has 0 saturated carbocycles. The lowest BCUT2D eigenvalue weighted by atomic mass is 10.0. The number of aliphatic hydroxyl groups excluding tert-OH is 1. The van der Waals surface area contributed by atoms with Crippen LogP contribution in [0.1, 0.15) is 61.3 Å². The van der Waals surface area contributed by atoms with Crippen molar-refractivity contribution in [2.75, 3.05) is 0 Å². The maximum atomic E-state index is 12.2. The molecule has 0 aromatic rings. The summed E-state index contributed by atoms with van der Waals surface area (Å²) in [6, 6.07) is -0.549. The van der Waals surface area contributed by atoms with Gasteiger partial charge in [-0.05, 0) is 51.7 Å². The topological polar surface area (TPSA) is 67.8 Å². The molecule has 0 spiro atoms. The Hall–Kier alpha value is -0.853. The number of carbonyl (C=O) groups excluding carboxylic acids is 1. The van der Waals surface area contributed by atoms with Crippen molar-refractivity contribution in [2.45, 2.75) is 103 Å². The number of hydrogen-bond donors (Lipinski definition) is 2. The van der Waals surface area contributed by atoms with Crippen LogP contribution in [0.2, 0.25) is 18.1 Å². The molecule has 3 atom stereocenters.